The summed E-state index contributed by atoms with van der Waals surface area (Å²) >= 11 is 0. The first-order chi connectivity index (χ1) is 3.72. The Morgan fingerprint density at radius 3 is 2.12 bits per heavy atom. The Bertz CT molecular complexity index is 101. The molecule has 1 aliphatic rings. The third-order valence-corrected chi connectivity index (χ3v) is 3.60. The minimum Gasteiger partial charge on any atom is -0.280 e. The van der Waals surface area contributed by atoms with Crippen LogP contribution in [-0.4, -0.2) is 10.5 Å². The summed E-state index contributed by atoms with van der Waals surface area (Å²) < 4.78 is 7.57. The fourth-order valence-corrected chi connectivity index (χ4v) is 2.12. The molecule has 0 spiro atoms. The highest BCUT2D eigenvalue weighted by atomic mass is 32.2. The van der Waals surface area contributed by atoms with Gasteiger partial charge in [0.05, 0.1) is 0 Å². The lowest BCUT2D eigenvalue weighted by molar-refractivity contribution is 1.09. The van der Waals surface area contributed by atoms with Crippen molar-refractivity contribution in [1.29, 1.82) is 4.78 Å². The topological polar surface area (TPSA) is 23.9 Å². The SMILES string of the molecule is CC(C)S(=N)C1CC1. The molecule has 1 unspecified atom stereocenters. The first-order valence-corrected chi connectivity index (χ1v) is 4.50. The van der Waals surface area contributed by atoms with Crippen molar-refractivity contribution in [3.05, 3.63) is 0 Å². The van der Waals surface area contributed by atoms with Gasteiger partial charge in [0.15, 0.2) is 0 Å². The van der Waals surface area contributed by atoms with Gasteiger partial charge in [0, 0.05) is 10.5 Å². The van der Waals surface area contributed by atoms with Crippen LogP contribution in [0.2, 0.25) is 0 Å². The average Bonchev–Trinajstić information content (AvgIpc) is 2.43. The maximum absolute atomic E-state index is 7.57. The summed E-state index contributed by atoms with van der Waals surface area (Å²) in [6.07, 6.45) is 2.65. The van der Waals surface area contributed by atoms with Crippen LogP contribution in [-0.2, 0) is 10.7 Å². The first kappa shape index (κ1) is 6.27. The minimum atomic E-state index is -0.0123. The standard InChI is InChI=1S/C6H13NS/c1-5(2)8(7)6-3-4-6/h5-7H,3-4H2,1-2H3. The Morgan fingerprint density at radius 2 is 2.00 bits per heavy atom. The van der Waals surface area contributed by atoms with Gasteiger partial charge in [0.25, 0.3) is 0 Å². The number of hydrogen-bond donors (Lipinski definition) is 1. The van der Waals surface area contributed by atoms with Crippen molar-refractivity contribution in [2.75, 3.05) is 0 Å². The molecule has 0 amide bonds. The number of hydrogen-bond acceptors (Lipinski definition) is 1. The van der Waals surface area contributed by atoms with Gasteiger partial charge in [0.1, 0.15) is 0 Å². The third-order valence-electron chi connectivity index (χ3n) is 1.39. The van der Waals surface area contributed by atoms with Gasteiger partial charge in [-0.05, 0) is 12.8 Å². The molecule has 0 saturated heterocycles. The van der Waals surface area contributed by atoms with Crippen molar-refractivity contribution < 1.29 is 0 Å². The van der Waals surface area contributed by atoms with Crippen LogP contribution >= 0.6 is 0 Å². The van der Waals surface area contributed by atoms with Gasteiger partial charge in [-0.15, -0.1) is 0 Å². The van der Waals surface area contributed by atoms with Crippen LogP contribution in [0.4, 0.5) is 0 Å². The molecule has 1 atom stereocenters. The predicted octanol–water partition coefficient (Wildman–Crippen LogP) is 1.94. The van der Waals surface area contributed by atoms with E-state index in [2.05, 4.69) is 13.8 Å². The third kappa shape index (κ3) is 1.31. The van der Waals surface area contributed by atoms with Crippen LogP contribution in [0.5, 0.6) is 0 Å². The molecule has 1 nitrogen and oxygen atoms in total. The summed E-state index contributed by atoms with van der Waals surface area (Å²) in [5, 5.41) is 1.39. The smallest absolute Gasteiger partial charge is 0.0156 e. The Kier molecular flexibility index (Phi) is 1.71. The molecule has 0 bridgehead atoms. The second-order valence-corrected chi connectivity index (χ2v) is 4.97. The van der Waals surface area contributed by atoms with E-state index in [-0.39, 0.29) is 10.7 Å². The Balaban J connectivity index is 2.33. The van der Waals surface area contributed by atoms with E-state index < -0.39 is 0 Å². The van der Waals surface area contributed by atoms with Crippen molar-refractivity contribution in [2.45, 2.75) is 37.2 Å². The Morgan fingerprint density at radius 1 is 1.50 bits per heavy atom. The van der Waals surface area contributed by atoms with Crippen LogP contribution in [0.1, 0.15) is 26.7 Å². The molecular formula is C6H13NS. The molecule has 1 N–H and O–H groups in total. The molecule has 48 valence electrons. The fourth-order valence-electron chi connectivity index (χ4n) is 0.707. The van der Waals surface area contributed by atoms with E-state index in [1.807, 2.05) is 0 Å². The highest BCUT2D eigenvalue weighted by Crippen LogP contribution is 2.28. The van der Waals surface area contributed by atoms with Crippen LogP contribution < -0.4 is 0 Å². The molecule has 1 aliphatic carbocycles. The van der Waals surface area contributed by atoms with E-state index in [0.717, 1.165) is 5.25 Å². The second-order valence-electron chi connectivity index (χ2n) is 2.62. The van der Waals surface area contributed by atoms with Gasteiger partial charge >= 0.3 is 0 Å². The molecule has 0 aromatic rings. The zero-order valence-corrected chi connectivity index (χ0v) is 6.29. The molecule has 2 heteroatoms. The zero-order valence-electron chi connectivity index (χ0n) is 5.48. The van der Waals surface area contributed by atoms with Crippen molar-refractivity contribution >= 4 is 10.7 Å². The van der Waals surface area contributed by atoms with Gasteiger partial charge in [-0.2, -0.15) is 0 Å². The van der Waals surface area contributed by atoms with E-state index in [1.54, 1.807) is 0 Å². The lowest BCUT2D eigenvalue weighted by Gasteiger charge is -2.05. The summed E-state index contributed by atoms with van der Waals surface area (Å²) in [4.78, 5) is 0. The van der Waals surface area contributed by atoms with E-state index in [1.165, 1.54) is 12.8 Å². The molecule has 0 aliphatic heterocycles. The summed E-state index contributed by atoms with van der Waals surface area (Å²) in [6, 6.07) is 0. The molecule has 0 aromatic carbocycles. The molecule has 0 aromatic heterocycles. The van der Waals surface area contributed by atoms with E-state index >= 15 is 0 Å². The van der Waals surface area contributed by atoms with Crippen molar-refractivity contribution in [2.24, 2.45) is 0 Å². The zero-order chi connectivity index (χ0) is 6.15. The number of nitrogens with one attached hydrogen (secondary N) is 1. The van der Waals surface area contributed by atoms with Crippen LogP contribution in [0.15, 0.2) is 0 Å². The highest BCUT2D eigenvalue weighted by molar-refractivity contribution is 7.87. The first-order valence-electron chi connectivity index (χ1n) is 3.15. The molecule has 1 saturated carbocycles. The fraction of sp³-hybridized carbons (Fsp3) is 1.00. The van der Waals surface area contributed by atoms with Crippen molar-refractivity contribution in [3.63, 3.8) is 0 Å². The van der Waals surface area contributed by atoms with Gasteiger partial charge in [-0.3, -0.25) is 4.78 Å². The van der Waals surface area contributed by atoms with Gasteiger partial charge in [-0.25, -0.2) is 0 Å². The van der Waals surface area contributed by atoms with Crippen LogP contribution in [0.25, 0.3) is 0 Å². The second kappa shape index (κ2) is 2.18. The highest BCUT2D eigenvalue weighted by Gasteiger charge is 2.26. The summed E-state index contributed by atoms with van der Waals surface area (Å²) in [6.45, 7) is 4.29. The average molecular weight is 131 g/mol. The lowest BCUT2D eigenvalue weighted by atomic mass is 10.6. The monoisotopic (exact) mass is 131 g/mol. The molecular weight excluding hydrogens is 118 g/mol. The Hall–Kier alpha value is 0.150. The summed E-state index contributed by atoms with van der Waals surface area (Å²) in [7, 11) is -0.0123. The minimum absolute atomic E-state index is 0.0123. The van der Waals surface area contributed by atoms with E-state index in [0.29, 0.717) is 5.25 Å². The van der Waals surface area contributed by atoms with Crippen molar-refractivity contribution in [1.82, 2.24) is 0 Å². The normalized spacial score (nSPS) is 23.9. The lowest BCUT2D eigenvalue weighted by Crippen LogP contribution is -2.07. The van der Waals surface area contributed by atoms with E-state index in [4.69, 9.17) is 4.78 Å². The molecule has 8 heavy (non-hydrogen) atoms. The van der Waals surface area contributed by atoms with Crippen LogP contribution in [0, 0.1) is 4.78 Å². The molecule has 0 heterocycles. The largest absolute Gasteiger partial charge is 0.280 e. The molecule has 1 fully saturated rings. The summed E-state index contributed by atoms with van der Waals surface area (Å²) in [5.41, 5.74) is 0. The maximum atomic E-state index is 7.57. The maximum Gasteiger partial charge on any atom is 0.0156 e. The Labute approximate surface area is 53.4 Å². The van der Waals surface area contributed by atoms with Gasteiger partial charge in [-0.1, -0.05) is 24.5 Å². The molecule has 0 radical (unpaired) electrons. The summed E-state index contributed by atoms with van der Waals surface area (Å²) in [5.74, 6) is 0. The van der Waals surface area contributed by atoms with Gasteiger partial charge in [0.2, 0.25) is 0 Å². The van der Waals surface area contributed by atoms with Crippen molar-refractivity contribution in [3.8, 4) is 0 Å². The quantitative estimate of drug-likeness (QED) is 0.592. The molecule has 1 rings (SSSR count). The predicted molar refractivity (Wildman–Crippen MR) is 38.2 cm³/mol. The van der Waals surface area contributed by atoms with Crippen LogP contribution in [0.3, 0.4) is 0 Å². The van der Waals surface area contributed by atoms with E-state index in [9.17, 15) is 0 Å². The number of rotatable bonds is 2. The van der Waals surface area contributed by atoms with Gasteiger partial charge < -0.3 is 0 Å².